The predicted molar refractivity (Wildman–Crippen MR) is 103 cm³/mol. The van der Waals surface area contributed by atoms with E-state index in [1.54, 1.807) is 24.3 Å². The molecule has 160 valence electrons. The van der Waals surface area contributed by atoms with Crippen LogP contribution in [0.25, 0.3) is 0 Å². The molecule has 1 saturated heterocycles. The Bertz CT molecular complexity index is 993. The Morgan fingerprint density at radius 1 is 0.967 bits per heavy atom. The van der Waals surface area contributed by atoms with Gasteiger partial charge in [0, 0.05) is 32.7 Å². The van der Waals surface area contributed by atoms with Gasteiger partial charge in [0.15, 0.2) is 0 Å². The number of benzene rings is 2. The molecule has 1 aliphatic rings. The van der Waals surface area contributed by atoms with E-state index in [1.165, 1.54) is 4.31 Å². The summed E-state index contributed by atoms with van der Waals surface area (Å²) in [5.41, 5.74) is -0.332. The van der Waals surface area contributed by atoms with Gasteiger partial charge in [-0.3, -0.25) is 4.90 Å². The molecule has 0 atom stereocenters. The maximum Gasteiger partial charge on any atom is 0.416 e. The van der Waals surface area contributed by atoms with Crippen molar-refractivity contribution in [3.63, 3.8) is 0 Å². The summed E-state index contributed by atoms with van der Waals surface area (Å²) in [5, 5.41) is 8.78. The van der Waals surface area contributed by atoms with Crippen LogP contribution in [0.3, 0.4) is 0 Å². The standard InChI is InChI=1S/C20H20F3N3O3S/c21-20(22,23)17-3-7-19(8-4-17)30(27,28)26-11-9-25(10-12-26)13-14-29-18-5-1-16(15-24)2-6-18/h1-8H,9-14H2. The van der Waals surface area contributed by atoms with Gasteiger partial charge < -0.3 is 4.74 Å². The molecule has 0 saturated carbocycles. The third kappa shape index (κ3) is 5.30. The summed E-state index contributed by atoms with van der Waals surface area (Å²) in [6.07, 6.45) is -4.51. The molecule has 0 spiro atoms. The quantitative estimate of drug-likeness (QED) is 0.692. The zero-order valence-corrected chi connectivity index (χ0v) is 16.8. The maximum absolute atomic E-state index is 12.7. The highest BCUT2D eigenvalue weighted by Crippen LogP contribution is 2.30. The number of rotatable bonds is 6. The second-order valence-corrected chi connectivity index (χ2v) is 8.69. The third-order valence-electron chi connectivity index (χ3n) is 4.81. The van der Waals surface area contributed by atoms with Crippen LogP contribution in [0.1, 0.15) is 11.1 Å². The van der Waals surface area contributed by atoms with Crippen molar-refractivity contribution in [2.75, 3.05) is 39.3 Å². The Balaban J connectivity index is 1.50. The molecule has 0 unspecified atom stereocenters. The van der Waals surface area contributed by atoms with E-state index in [2.05, 4.69) is 4.90 Å². The Morgan fingerprint density at radius 3 is 2.10 bits per heavy atom. The number of sulfonamides is 1. The van der Waals surface area contributed by atoms with Gasteiger partial charge in [0.05, 0.1) is 22.1 Å². The molecule has 30 heavy (non-hydrogen) atoms. The molecule has 0 N–H and O–H groups in total. The van der Waals surface area contributed by atoms with Gasteiger partial charge in [-0.2, -0.15) is 22.7 Å². The SMILES string of the molecule is N#Cc1ccc(OCCN2CCN(S(=O)(=O)c3ccc(C(F)(F)F)cc3)CC2)cc1. The van der Waals surface area contributed by atoms with Crippen LogP contribution in [-0.2, 0) is 16.2 Å². The summed E-state index contributed by atoms with van der Waals surface area (Å²) >= 11 is 0. The van der Waals surface area contributed by atoms with Gasteiger partial charge in [0.1, 0.15) is 12.4 Å². The molecule has 1 aliphatic heterocycles. The van der Waals surface area contributed by atoms with Crippen LogP contribution < -0.4 is 4.74 Å². The molecule has 0 bridgehead atoms. The van der Waals surface area contributed by atoms with E-state index in [1.807, 2.05) is 6.07 Å². The van der Waals surface area contributed by atoms with Gasteiger partial charge in [-0.1, -0.05) is 0 Å². The second-order valence-electron chi connectivity index (χ2n) is 6.75. The summed E-state index contributed by atoms with van der Waals surface area (Å²) in [6.45, 7) is 2.51. The van der Waals surface area contributed by atoms with Crippen molar-refractivity contribution in [3.8, 4) is 11.8 Å². The highest BCUT2D eigenvalue weighted by Gasteiger charge is 2.32. The minimum atomic E-state index is -4.51. The number of piperazine rings is 1. The molecule has 3 rings (SSSR count). The highest BCUT2D eigenvalue weighted by molar-refractivity contribution is 7.89. The molecular formula is C20H20F3N3O3S. The van der Waals surface area contributed by atoms with Gasteiger partial charge in [-0.05, 0) is 48.5 Å². The smallest absolute Gasteiger partial charge is 0.416 e. The maximum atomic E-state index is 12.7. The van der Waals surface area contributed by atoms with Gasteiger partial charge >= 0.3 is 6.18 Å². The summed E-state index contributed by atoms with van der Waals surface area (Å²) in [5.74, 6) is 0.650. The Kier molecular flexibility index (Phi) is 6.65. The monoisotopic (exact) mass is 439 g/mol. The minimum absolute atomic E-state index is 0.145. The van der Waals surface area contributed by atoms with E-state index in [-0.39, 0.29) is 18.0 Å². The van der Waals surface area contributed by atoms with Gasteiger partial charge in [0.25, 0.3) is 0 Å². The number of ether oxygens (including phenoxy) is 1. The molecule has 1 fully saturated rings. The second kappa shape index (κ2) is 9.04. The zero-order chi connectivity index (χ0) is 21.8. The Labute approximate surface area is 173 Å². The van der Waals surface area contributed by atoms with Crippen LogP contribution >= 0.6 is 0 Å². The van der Waals surface area contributed by atoms with Crippen molar-refractivity contribution >= 4 is 10.0 Å². The Hall–Kier alpha value is -2.61. The van der Waals surface area contributed by atoms with Crippen LogP contribution in [-0.4, -0.2) is 57.0 Å². The fourth-order valence-corrected chi connectivity index (χ4v) is 4.50. The molecule has 6 nitrogen and oxygen atoms in total. The topological polar surface area (TPSA) is 73.6 Å². The van der Waals surface area contributed by atoms with Crippen LogP contribution in [0.15, 0.2) is 53.4 Å². The summed E-state index contributed by atoms with van der Waals surface area (Å²) in [7, 11) is -3.84. The zero-order valence-electron chi connectivity index (χ0n) is 16.0. The number of nitriles is 1. The first-order valence-corrected chi connectivity index (χ1v) is 10.7. The van der Waals surface area contributed by atoms with Crippen molar-refractivity contribution in [3.05, 3.63) is 59.7 Å². The van der Waals surface area contributed by atoms with Crippen molar-refractivity contribution < 1.29 is 26.3 Å². The molecule has 0 aliphatic carbocycles. The van der Waals surface area contributed by atoms with E-state index in [9.17, 15) is 21.6 Å². The van der Waals surface area contributed by atoms with E-state index < -0.39 is 21.8 Å². The van der Waals surface area contributed by atoms with E-state index >= 15 is 0 Å². The summed E-state index contributed by atoms with van der Waals surface area (Å²) < 4.78 is 70.3. The molecule has 10 heteroatoms. The average molecular weight is 439 g/mol. The van der Waals surface area contributed by atoms with Crippen LogP contribution in [0.5, 0.6) is 5.75 Å². The Morgan fingerprint density at radius 2 is 1.57 bits per heavy atom. The molecule has 0 amide bonds. The normalized spacial score (nSPS) is 16.2. The molecule has 1 heterocycles. The lowest BCUT2D eigenvalue weighted by Crippen LogP contribution is -2.49. The number of halogens is 3. The van der Waals surface area contributed by atoms with Crippen LogP contribution in [0.4, 0.5) is 13.2 Å². The van der Waals surface area contributed by atoms with Gasteiger partial charge in [-0.25, -0.2) is 8.42 Å². The van der Waals surface area contributed by atoms with E-state index in [4.69, 9.17) is 10.00 Å². The first-order chi connectivity index (χ1) is 14.2. The number of nitrogens with zero attached hydrogens (tertiary/aromatic N) is 3. The minimum Gasteiger partial charge on any atom is -0.492 e. The third-order valence-corrected chi connectivity index (χ3v) is 6.72. The fraction of sp³-hybridized carbons (Fsp3) is 0.350. The lowest BCUT2D eigenvalue weighted by atomic mass is 10.2. The average Bonchev–Trinajstić information content (AvgIpc) is 2.74. The lowest BCUT2D eigenvalue weighted by Gasteiger charge is -2.33. The fourth-order valence-electron chi connectivity index (χ4n) is 3.08. The number of hydrogen-bond donors (Lipinski definition) is 0. The number of hydrogen-bond acceptors (Lipinski definition) is 5. The van der Waals surface area contributed by atoms with Gasteiger partial charge in [-0.15, -0.1) is 0 Å². The molecule has 2 aromatic carbocycles. The van der Waals surface area contributed by atoms with E-state index in [0.717, 1.165) is 24.3 Å². The first kappa shape index (κ1) is 22.1. The van der Waals surface area contributed by atoms with E-state index in [0.29, 0.717) is 37.6 Å². The summed E-state index contributed by atoms with van der Waals surface area (Å²) in [6, 6.07) is 12.4. The first-order valence-electron chi connectivity index (χ1n) is 9.23. The van der Waals surface area contributed by atoms with Crippen LogP contribution in [0.2, 0.25) is 0 Å². The number of alkyl halides is 3. The van der Waals surface area contributed by atoms with Crippen molar-refractivity contribution in [2.24, 2.45) is 0 Å². The highest BCUT2D eigenvalue weighted by atomic mass is 32.2. The van der Waals surface area contributed by atoms with Crippen molar-refractivity contribution in [2.45, 2.75) is 11.1 Å². The molecule has 0 aromatic heterocycles. The lowest BCUT2D eigenvalue weighted by molar-refractivity contribution is -0.137. The summed E-state index contributed by atoms with van der Waals surface area (Å²) in [4.78, 5) is 1.91. The largest absolute Gasteiger partial charge is 0.492 e. The predicted octanol–water partition coefficient (Wildman–Crippen LogP) is 2.96. The van der Waals surface area contributed by atoms with Crippen LogP contribution in [0, 0.1) is 11.3 Å². The van der Waals surface area contributed by atoms with Crippen molar-refractivity contribution in [1.29, 1.82) is 5.26 Å². The molecular weight excluding hydrogens is 419 g/mol. The van der Waals surface area contributed by atoms with Gasteiger partial charge in [0.2, 0.25) is 10.0 Å². The molecule has 0 radical (unpaired) electrons. The molecule has 2 aromatic rings. The van der Waals surface area contributed by atoms with Crippen molar-refractivity contribution in [1.82, 2.24) is 9.21 Å².